The summed E-state index contributed by atoms with van der Waals surface area (Å²) in [6.45, 7) is 3.71. The van der Waals surface area contributed by atoms with Crippen LogP contribution in [-0.2, 0) is 32.7 Å². The molecule has 57 heavy (non-hydrogen) atoms. The molecule has 1 aliphatic carbocycles. The fourth-order valence-corrected chi connectivity index (χ4v) is 7.41. The molecule has 0 aromatic carbocycles. The van der Waals surface area contributed by atoms with E-state index in [1.807, 2.05) is 21.1 Å². The van der Waals surface area contributed by atoms with Crippen LogP contribution in [0.4, 0.5) is 0 Å². The number of rotatable bonds is 35. The first kappa shape index (κ1) is 53.1. The Labute approximate surface area is 345 Å². The van der Waals surface area contributed by atoms with Crippen LogP contribution >= 0.6 is 7.82 Å². The van der Waals surface area contributed by atoms with Crippen LogP contribution in [0, 0.1) is 11.8 Å². The van der Waals surface area contributed by atoms with Crippen LogP contribution in [-0.4, -0.2) is 104 Å². The Hall–Kier alpha value is -1.89. The minimum atomic E-state index is -4.72. The lowest BCUT2D eigenvalue weighted by atomic mass is 9.89. The van der Waals surface area contributed by atoms with Crippen molar-refractivity contribution >= 4 is 19.8 Å². The van der Waals surface area contributed by atoms with Crippen molar-refractivity contribution in [3.63, 3.8) is 0 Å². The van der Waals surface area contributed by atoms with Gasteiger partial charge >= 0.3 is 11.9 Å². The number of nitrogens with zero attached hydrogens (tertiary/aromatic N) is 1. The number of ether oxygens (including phenoxy) is 2. The quantitative estimate of drug-likeness (QED) is 0.0187. The van der Waals surface area contributed by atoms with Crippen LogP contribution in [0.5, 0.6) is 0 Å². The first-order valence-electron chi connectivity index (χ1n) is 22.0. The van der Waals surface area contributed by atoms with Crippen LogP contribution < -0.4 is 4.89 Å². The Morgan fingerprint density at radius 2 is 1.40 bits per heavy atom. The maximum absolute atomic E-state index is 12.8. The van der Waals surface area contributed by atoms with Crippen molar-refractivity contribution in [1.29, 1.82) is 0 Å². The van der Waals surface area contributed by atoms with E-state index in [1.165, 1.54) is 38.5 Å². The minimum Gasteiger partial charge on any atom is -0.756 e. The molecule has 0 amide bonds. The zero-order chi connectivity index (χ0) is 42.4. The zero-order valence-electron chi connectivity index (χ0n) is 36.1. The number of carbonyl (C=O) groups excluding carboxylic acids is 2. The van der Waals surface area contributed by atoms with Gasteiger partial charge in [0.2, 0.25) is 0 Å². The number of aliphatic hydroxyl groups is 3. The van der Waals surface area contributed by atoms with Gasteiger partial charge in [-0.15, -0.1) is 0 Å². The molecule has 7 atom stereocenters. The summed E-state index contributed by atoms with van der Waals surface area (Å²) in [5, 5.41) is 31.4. The highest BCUT2D eigenvalue weighted by Gasteiger charge is 2.39. The number of esters is 2. The van der Waals surface area contributed by atoms with Gasteiger partial charge in [0.25, 0.3) is 7.82 Å². The van der Waals surface area contributed by atoms with Gasteiger partial charge in [-0.3, -0.25) is 14.2 Å². The third-order valence-electron chi connectivity index (χ3n) is 10.2. The van der Waals surface area contributed by atoms with E-state index >= 15 is 0 Å². The number of carbonyl (C=O) groups is 2. The number of allylic oxidation sites excluding steroid dienone is 3. The van der Waals surface area contributed by atoms with Gasteiger partial charge in [-0.1, -0.05) is 121 Å². The van der Waals surface area contributed by atoms with Gasteiger partial charge in [-0.2, -0.15) is 0 Å². The molecule has 13 heteroatoms. The van der Waals surface area contributed by atoms with Crippen molar-refractivity contribution in [2.75, 3.05) is 47.5 Å². The van der Waals surface area contributed by atoms with Crippen molar-refractivity contribution in [3.05, 3.63) is 36.5 Å². The maximum Gasteiger partial charge on any atom is 0.310 e. The van der Waals surface area contributed by atoms with Gasteiger partial charge in [-0.05, 0) is 50.9 Å². The molecule has 3 N–H and O–H groups in total. The van der Waals surface area contributed by atoms with Crippen LogP contribution in [0.3, 0.4) is 0 Å². The summed E-state index contributed by atoms with van der Waals surface area (Å²) in [4.78, 5) is 37.8. The molecule has 0 aliphatic heterocycles. The van der Waals surface area contributed by atoms with E-state index in [1.54, 1.807) is 24.3 Å². The van der Waals surface area contributed by atoms with Crippen molar-refractivity contribution in [3.8, 4) is 0 Å². The summed E-state index contributed by atoms with van der Waals surface area (Å²) in [7, 11) is 0.963. The molecular weight excluding hydrogens is 749 g/mol. The third-order valence-corrected chi connectivity index (χ3v) is 11.2. The topological polar surface area (TPSA) is 172 Å². The standard InChI is InChI=1S/C44H80NO11P/c1-6-8-10-11-12-13-14-15-16-17-18-19-20-21-23-28-43(49)53-35-38(36-55-57(51,52)54-33-32-45(3,4)5)56-44(50)29-25-24-27-39-40(42(48)34-41(39)47)31-30-37(46)26-22-9-7-2/h15-16,24-25,30-31,37-42,46-48H,6-14,17-23,26-29,32-36H2,1-5H3/b16-15-,25-24-,31-30+/t37-,38-,39+,40-,41+,42-/m1/s1. The van der Waals surface area contributed by atoms with Gasteiger partial charge in [-0.25, -0.2) is 0 Å². The Balaban J connectivity index is 2.57. The molecular formula is C44H80NO11P. The molecule has 0 spiro atoms. The minimum absolute atomic E-state index is 0.0899. The lowest BCUT2D eigenvalue weighted by Crippen LogP contribution is -2.37. The molecule has 1 unspecified atom stereocenters. The number of unbranched alkanes of at least 4 members (excludes halogenated alkanes) is 13. The van der Waals surface area contributed by atoms with E-state index in [9.17, 15) is 34.4 Å². The van der Waals surface area contributed by atoms with Crippen molar-refractivity contribution in [1.82, 2.24) is 0 Å². The number of hydrogen-bond acceptors (Lipinski definition) is 11. The second kappa shape index (κ2) is 32.0. The first-order valence-corrected chi connectivity index (χ1v) is 23.4. The zero-order valence-corrected chi connectivity index (χ0v) is 37.0. The molecule has 1 aliphatic rings. The molecule has 0 aromatic rings. The first-order chi connectivity index (χ1) is 27.2. The number of quaternary nitrogens is 1. The number of phosphoric ester groups is 1. The predicted octanol–water partition coefficient (Wildman–Crippen LogP) is 7.88. The summed E-state index contributed by atoms with van der Waals surface area (Å²) >= 11 is 0. The Bertz CT molecular complexity index is 1190. The summed E-state index contributed by atoms with van der Waals surface area (Å²) < 4.78 is 33.8. The van der Waals surface area contributed by atoms with E-state index in [0.29, 0.717) is 30.3 Å². The van der Waals surface area contributed by atoms with Gasteiger partial charge in [0.05, 0.1) is 52.5 Å². The summed E-state index contributed by atoms with van der Waals surface area (Å²) in [5.41, 5.74) is 0. The second-order valence-electron chi connectivity index (χ2n) is 16.7. The number of phosphoric acid groups is 1. The SMILES string of the molecule is CCCCCCCC/C=C\CCCCCCCC(=O)OC[C@H](COP(=O)([O-])OCC[N+](C)(C)C)OC(=O)C/C=C\C[C@H]1[C@@H](/C=C/[C@H](O)CCCCC)[C@H](O)C[C@@H]1O. The molecule has 0 heterocycles. The smallest absolute Gasteiger partial charge is 0.310 e. The Morgan fingerprint density at radius 1 is 0.789 bits per heavy atom. The Kier molecular flexibility index (Phi) is 29.8. The largest absolute Gasteiger partial charge is 0.756 e. The molecule has 0 radical (unpaired) electrons. The molecule has 1 saturated carbocycles. The molecule has 0 aromatic heterocycles. The number of hydrogen-bond donors (Lipinski definition) is 3. The highest BCUT2D eigenvalue weighted by Crippen LogP contribution is 2.38. The summed E-state index contributed by atoms with van der Waals surface area (Å²) in [6.07, 6.45) is 27.3. The van der Waals surface area contributed by atoms with Crippen molar-refractivity contribution in [2.45, 2.75) is 173 Å². The molecule has 12 nitrogen and oxygen atoms in total. The lowest BCUT2D eigenvalue weighted by molar-refractivity contribution is -0.870. The monoisotopic (exact) mass is 830 g/mol. The van der Waals surface area contributed by atoms with E-state index in [0.717, 1.165) is 57.8 Å². The van der Waals surface area contributed by atoms with Crippen LogP contribution in [0.1, 0.15) is 149 Å². The second-order valence-corrected chi connectivity index (χ2v) is 18.1. The normalized spacial score (nSPS) is 21.1. The average Bonchev–Trinajstić information content (AvgIpc) is 3.42. The fraction of sp³-hybridized carbons (Fsp3) is 0.818. The van der Waals surface area contributed by atoms with Crippen LogP contribution in [0.2, 0.25) is 0 Å². The Morgan fingerprint density at radius 3 is 2.05 bits per heavy atom. The van der Waals surface area contributed by atoms with Gasteiger partial charge in [0, 0.05) is 18.8 Å². The van der Waals surface area contributed by atoms with E-state index in [2.05, 4.69) is 26.0 Å². The van der Waals surface area contributed by atoms with E-state index in [-0.39, 0.29) is 44.3 Å². The maximum atomic E-state index is 12.8. The molecule has 1 rings (SSSR count). The summed E-state index contributed by atoms with van der Waals surface area (Å²) in [6, 6.07) is 0. The summed E-state index contributed by atoms with van der Waals surface area (Å²) in [5.74, 6) is -1.78. The third kappa shape index (κ3) is 29.1. The van der Waals surface area contributed by atoms with Gasteiger partial charge in [0.1, 0.15) is 19.8 Å². The lowest BCUT2D eigenvalue weighted by Gasteiger charge is -2.28. The van der Waals surface area contributed by atoms with E-state index in [4.69, 9.17) is 18.5 Å². The molecule has 332 valence electrons. The van der Waals surface area contributed by atoms with Gasteiger partial charge < -0.3 is 43.2 Å². The highest BCUT2D eigenvalue weighted by atomic mass is 31.2. The highest BCUT2D eigenvalue weighted by molar-refractivity contribution is 7.45. The van der Waals surface area contributed by atoms with E-state index < -0.39 is 50.8 Å². The average molecular weight is 830 g/mol. The van der Waals surface area contributed by atoms with Crippen LogP contribution in [0.15, 0.2) is 36.5 Å². The van der Waals surface area contributed by atoms with Crippen LogP contribution in [0.25, 0.3) is 0 Å². The van der Waals surface area contributed by atoms with Crippen molar-refractivity contribution in [2.24, 2.45) is 11.8 Å². The number of likely N-dealkylation sites (N-methyl/N-ethyl adjacent to an activating group) is 1. The fourth-order valence-electron chi connectivity index (χ4n) is 6.68. The molecule has 1 fully saturated rings. The van der Waals surface area contributed by atoms with Crippen molar-refractivity contribution < 1.29 is 57.4 Å². The number of aliphatic hydroxyl groups excluding tert-OH is 3. The predicted molar refractivity (Wildman–Crippen MR) is 224 cm³/mol. The molecule has 0 bridgehead atoms. The molecule has 0 saturated heterocycles. The van der Waals surface area contributed by atoms with Gasteiger partial charge in [0.15, 0.2) is 6.10 Å².